The van der Waals surface area contributed by atoms with Crippen molar-refractivity contribution < 1.29 is 56.1 Å². The first kappa shape index (κ1) is 20.7. The topological polar surface area (TPSA) is 17.1 Å². The Labute approximate surface area is 126 Å². The van der Waals surface area contributed by atoms with Crippen molar-refractivity contribution in [3.05, 3.63) is 11.8 Å². The fourth-order valence-electron chi connectivity index (χ4n) is 0.944. The van der Waals surface area contributed by atoms with Crippen molar-refractivity contribution in [2.45, 2.75) is 41.5 Å². The molecule has 80 valence electrons. The van der Waals surface area contributed by atoms with Crippen molar-refractivity contribution in [1.29, 1.82) is 0 Å². The molecule has 0 aliphatic carbocycles. The first-order valence-electron chi connectivity index (χ1n) is 4.51. The molecule has 14 heavy (non-hydrogen) atoms. The van der Waals surface area contributed by atoms with Gasteiger partial charge in [0.1, 0.15) is 0 Å². The van der Waals surface area contributed by atoms with E-state index in [1.54, 1.807) is 0 Å². The third-order valence-electron chi connectivity index (χ3n) is 2.59. The first-order chi connectivity index (χ1) is 5.37. The van der Waals surface area contributed by atoms with E-state index in [-0.39, 0.29) is 63.1 Å². The van der Waals surface area contributed by atoms with Gasteiger partial charge in [-0.15, -0.1) is 11.8 Å². The van der Waals surface area contributed by atoms with Crippen LogP contribution in [0.5, 0.6) is 0 Å². The van der Waals surface area contributed by atoms with Crippen LogP contribution in [-0.4, -0.2) is 5.78 Å². The van der Waals surface area contributed by atoms with Crippen molar-refractivity contribution in [2.24, 2.45) is 11.8 Å². The van der Waals surface area contributed by atoms with E-state index >= 15 is 0 Å². The standard InChI is InChI=1S/C11H20O.V.Y/c1-7(2)9(5)11(12)10(6)8(3)4;;/h9-10H,1-6H3;;/q-2;;. The molecular weight excluding hydrogens is 288 g/mol. The second-order valence-corrected chi connectivity index (χ2v) is 4.00. The Hall–Kier alpha value is 1.36. The summed E-state index contributed by atoms with van der Waals surface area (Å²) in [5, 5.41) is 0. The van der Waals surface area contributed by atoms with Crippen molar-refractivity contribution >= 4 is 5.78 Å². The molecular formula is C11H20OVY-2. The van der Waals surface area contributed by atoms with E-state index in [9.17, 15) is 4.79 Å². The van der Waals surface area contributed by atoms with Gasteiger partial charge in [0.25, 0.3) is 0 Å². The predicted molar refractivity (Wildman–Crippen MR) is 52.5 cm³/mol. The second kappa shape index (κ2) is 9.57. The Bertz CT molecular complexity index is 141. The number of hydrogen-bond acceptors (Lipinski definition) is 1. The van der Waals surface area contributed by atoms with Gasteiger partial charge in [-0.3, -0.25) is 0 Å². The summed E-state index contributed by atoms with van der Waals surface area (Å²) in [6.45, 7) is 12.0. The number of Topliss-reactive ketones (excluding diaryl/α,β-unsaturated/α-hetero) is 1. The van der Waals surface area contributed by atoms with Gasteiger partial charge in [0, 0.05) is 51.3 Å². The molecule has 1 nitrogen and oxygen atoms in total. The van der Waals surface area contributed by atoms with E-state index in [4.69, 9.17) is 0 Å². The predicted octanol–water partition coefficient (Wildman–Crippen LogP) is 3.05. The van der Waals surface area contributed by atoms with Gasteiger partial charge in [-0.25, -0.2) is 0 Å². The van der Waals surface area contributed by atoms with Crippen LogP contribution in [-0.2, 0) is 56.1 Å². The molecule has 0 N–H and O–H groups in total. The number of carbonyl (C=O) groups excluding carboxylic acids is 1. The number of rotatable bonds is 4. The summed E-state index contributed by atoms with van der Waals surface area (Å²) in [7, 11) is 0. The second-order valence-electron chi connectivity index (χ2n) is 4.00. The molecule has 2 atom stereocenters. The van der Waals surface area contributed by atoms with E-state index in [0.717, 1.165) is 0 Å². The maximum absolute atomic E-state index is 11.7. The van der Waals surface area contributed by atoms with Gasteiger partial charge < -0.3 is 16.6 Å². The quantitative estimate of drug-likeness (QED) is 0.730. The minimum atomic E-state index is 0. The van der Waals surface area contributed by atoms with E-state index in [0.29, 0.717) is 5.78 Å². The largest absolute Gasteiger partial charge is 0.310 e. The summed E-state index contributed by atoms with van der Waals surface area (Å²) in [5.41, 5.74) is 0. The molecule has 0 amide bonds. The third-order valence-corrected chi connectivity index (χ3v) is 2.59. The minimum Gasteiger partial charge on any atom is -0.310 e. The summed E-state index contributed by atoms with van der Waals surface area (Å²) in [4.78, 5) is 11.7. The molecule has 0 spiro atoms. The fourth-order valence-corrected chi connectivity index (χ4v) is 0.944. The van der Waals surface area contributed by atoms with Crippen molar-refractivity contribution in [1.82, 2.24) is 0 Å². The van der Waals surface area contributed by atoms with Crippen molar-refractivity contribution in [3.8, 4) is 0 Å². The minimum absolute atomic E-state index is 0. The van der Waals surface area contributed by atoms with E-state index < -0.39 is 0 Å². The normalized spacial score (nSPS) is 14.3. The van der Waals surface area contributed by atoms with Crippen LogP contribution in [0.3, 0.4) is 0 Å². The molecule has 2 radical (unpaired) electrons. The SMILES string of the molecule is C[C-](C)C(C)C(=O)C(C)[C-](C)C.[V].[Y]. The number of carbonyl (C=O) groups is 1. The Morgan fingerprint density at radius 2 is 1.14 bits per heavy atom. The zero-order valence-electron chi connectivity index (χ0n) is 10.1. The molecule has 3 heteroatoms. The molecule has 0 aromatic heterocycles. The van der Waals surface area contributed by atoms with Crippen LogP contribution in [0, 0.1) is 23.7 Å². The van der Waals surface area contributed by atoms with Crippen LogP contribution < -0.4 is 0 Å². The van der Waals surface area contributed by atoms with Gasteiger partial charge >= 0.3 is 0 Å². The molecule has 0 aromatic carbocycles. The van der Waals surface area contributed by atoms with Gasteiger partial charge in [0.15, 0.2) is 0 Å². The summed E-state index contributed by atoms with van der Waals surface area (Å²) < 4.78 is 0. The molecule has 0 saturated heterocycles. The molecule has 0 aliphatic heterocycles. The number of ketones is 1. The average Bonchev–Trinajstić information content (AvgIpc) is 2.00. The third kappa shape index (κ3) is 6.77. The Kier molecular flexibility index (Phi) is 14.2. The van der Waals surface area contributed by atoms with Crippen LogP contribution in [0.15, 0.2) is 0 Å². The molecule has 0 bridgehead atoms. The first-order valence-corrected chi connectivity index (χ1v) is 4.51. The van der Waals surface area contributed by atoms with Gasteiger partial charge in [-0.1, -0.05) is 13.8 Å². The van der Waals surface area contributed by atoms with Crippen molar-refractivity contribution in [2.75, 3.05) is 0 Å². The van der Waals surface area contributed by atoms with E-state index in [2.05, 4.69) is 0 Å². The average molecular weight is 308 g/mol. The van der Waals surface area contributed by atoms with Crippen LogP contribution in [0.1, 0.15) is 41.5 Å². The molecule has 0 rings (SSSR count). The van der Waals surface area contributed by atoms with E-state index in [1.165, 1.54) is 11.8 Å². The fraction of sp³-hybridized carbons (Fsp3) is 0.727. The smallest absolute Gasteiger partial charge is 0.0795 e. The summed E-state index contributed by atoms with van der Waals surface area (Å²) in [5.74, 6) is 2.96. The molecule has 0 saturated carbocycles. The van der Waals surface area contributed by atoms with E-state index in [1.807, 2.05) is 41.5 Å². The Balaban J connectivity index is -0.000000605. The summed E-state index contributed by atoms with van der Waals surface area (Å²) in [6, 6.07) is 0. The molecule has 0 aromatic rings. The summed E-state index contributed by atoms with van der Waals surface area (Å²) >= 11 is 0. The summed E-state index contributed by atoms with van der Waals surface area (Å²) in [6.07, 6.45) is 0. The van der Waals surface area contributed by atoms with Crippen LogP contribution >= 0.6 is 0 Å². The van der Waals surface area contributed by atoms with Gasteiger partial charge in [-0.2, -0.15) is 27.7 Å². The van der Waals surface area contributed by atoms with Crippen molar-refractivity contribution in [3.63, 3.8) is 0 Å². The zero-order chi connectivity index (χ0) is 9.89. The van der Waals surface area contributed by atoms with Crippen LogP contribution in [0.25, 0.3) is 0 Å². The van der Waals surface area contributed by atoms with Crippen LogP contribution in [0.2, 0.25) is 0 Å². The van der Waals surface area contributed by atoms with Gasteiger partial charge in [0.2, 0.25) is 0 Å². The molecule has 0 aliphatic rings. The zero-order valence-corrected chi connectivity index (χ0v) is 14.3. The molecule has 0 heterocycles. The molecule has 2 unspecified atom stereocenters. The monoisotopic (exact) mass is 308 g/mol. The molecule has 0 fully saturated rings. The Morgan fingerprint density at radius 3 is 1.29 bits per heavy atom. The number of hydrogen-bond donors (Lipinski definition) is 0. The maximum Gasteiger partial charge on any atom is 0.0795 e. The van der Waals surface area contributed by atoms with Gasteiger partial charge in [-0.05, 0) is 0 Å². The maximum atomic E-state index is 11.7. The Morgan fingerprint density at radius 1 is 0.929 bits per heavy atom. The van der Waals surface area contributed by atoms with Gasteiger partial charge in [0.05, 0.1) is 5.78 Å². The van der Waals surface area contributed by atoms with Crippen LogP contribution in [0.4, 0.5) is 0 Å².